The fraction of sp³-hybridized carbons (Fsp3) is 0.200. The fourth-order valence-corrected chi connectivity index (χ4v) is 2.67. The lowest BCUT2D eigenvalue weighted by Crippen LogP contribution is -2.29. The van der Waals surface area contributed by atoms with E-state index in [1.54, 1.807) is 32.4 Å². The molecule has 0 radical (unpaired) electrons. The summed E-state index contributed by atoms with van der Waals surface area (Å²) >= 11 is 0. The predicted octanol–water partition coefficient (Wildman–Crippen LogP) is 4.32. The normalized spacial score (nSPS) is 11.8. The number of hydrogen-bond donors (Lipinski definition) is 0. The Kier molecular flexibility index (Phi) is 5.02. The first-order valence-corrected chi connectivity index (χ1v) is 8.14. The minimum atomic E-state index is -0.312. The molecule has 0 N–H and O–H groups in total. The van der Waals surface area contributed by atoms with Crippen LogP contribution in [0.25, 0.3) is 11.3 Å². The van der Waals surface area contributed by atoms with Crippen molar-refractivity contribution in [1.82, 2.24) is 10.1 Å². The van der Waals surface area contributed by atoms with Crippen molar-refractivity contribution < 1.29 is 18.4 Å². The molecule has 26 heavy (non-hydrogen) atoms. The highest BCUT2D eigenvalue weighted by Crippen LogP contribution is 2.30. The van der Waals surface area contributed by atoms with Crippen molar-refractivity contribution >= 4 is 5.91 Å². The van der Waals surface area contributed by atoms with Crippen molar-refractivity contribution in [1.29, 1.82) is 0 Å². The zero-order valence-corrected chi connectivity index (χ0v) is 14.8. The Labute approximate surface area is 151 Å². The van der Waals surface area contributed by atoms with Crippen molar-refractivity contribution in [3.63, 3.8) is 0 Å². The van der Waals surface area contributed by atoms with Gasteiger partial charge in [0.2, 0.25) is 0 Å². The minimum absolute atomic E-state index is 0.197. The SMILES string of the molecule is COc1ccccc1-c1cc(C(=O)N(C)[C@H](C)c2ccc(F)cc2)no1. The van der Waals surface area contributed by atoms with E-state index in [0.29, 0.717) is 11.5 Å². The van der Waals surface area contributed by atoms with Gasteiger partial charge in [-0.3, -0.25) is 4.79 Å². The topological polar surface area (TPSA) is 55.6 Å². The molecular weight excluding hydrogens is 335 g/mol. The third-order valence-electron chi connectivity index (χ3n) is 4.36. The number of para-hydroxylation sites is 1. The number of rotatable bonds is 5. The van der Waals surface area contributed by atoms with E-state index in [2.05, 4.69) is 5.16 Å². The monoisotopic (exact) mass is 354 g/mol. The number of halogens is 1. The smallest absolute Gasteiger partial charge is 0.276 e. The molecule has 0 aliphatic heterocycles. The van der Waals surface area contributed by atoms with E-state index in [-0.39, 0.29) is 23.5 Å². The number of methoxy groups -OCH3 is 1. The van der Waals surface area contributed by atoms with Gasteiger partial charge >= 0.3 is 0 Å². The number of carbonyl (C=O) groups is 1. The number of ether oxygens (including phenoxy) is 1. The first-order valence-electron chi connectivity index (χ1n) is 8.14. The third kappa shape index (κ3) is 3.44. The molecule has 0 aliphatic carbocycles. The van der Waals surface area contributed by atoms with Crippen LogP contribution >= 0.6 is 0 Å². The summed E-state index contributed by atoms with van der Waals surface area (Å²) in [6.07, 6.45) is 0. The molecule has 1 aromatic heterocycles. The van der Waals surface area contributed by atoms with E-state index in [0.717, 1.165) is 11.1 Å². The Hall–Kier alpha value is -3.15. The van der Waals surface area contributed by atoms with E-state index in [1.807, 2.05) is 31.2 Å². The van der Waals surface area contributed by atoms with Gasteiger partial charge in [-0.25, -0.2) is 4.39 Å². The summed E-state index contributed by atoms with van der Waals surface area (Å²) in [5.41, 5.74) is 1.74. The minimum Gasteiger partial charge on any atom is -0.496 e. The number of hydrogen-bond acceptors (Lipinski definition) is 4. The second-order valence-electron chi connectivity index (χ2n) is 5.92. The second kappa shape index (κ2) is 7.39. The van der Waals surface area contributed by atoms with Gasteiger partial charge in [0.1, 0.15) is 11.6 Å². The molecule has 0 spiro atoms. The Bertz CT molecular complexity index is 905. The molecule has 1 heterocycles. The van der Waals surface area contributed by atoms with Crippen LogP contribution in [0.4, 0.5) is 4.39 Å². The highest BCUT2D eigenvalue weighted by molar-refractivity contribution is 5.93. The van der Waals surface area contributed by atoms with E-state index < -0.39 is 0 Å². The quantitative estimate of drug-likeness (QED) is 0.685. The van der Waals surface area contributed by atoms with Crippen LogP contribution in [-0.4, -0.2) is 30.1 Å². The van der Waals surface area contributed by atoms with Gasteiger partial charge in [0.15, 0.2) is 11.5 Å². The lowest BCUT2D eigenvalue weighted by molar-refractivity contribution is 0.0732. The Morgan fingerprint density at radius 2 is 1.88 bits per heavy atom. The Balaban J connectivity index is 1.82. The van der Waals surface area contributed by atoms with Crippen molar-refractivity contribution in [2.24, 2.45) is 0 Å². The van der Waals surface area contributed by atoms with Crippen LogP contribution in [0.1, 0.15) is 29.0 Å². The van der Waals surface area contributed by atoms with Crippen LogP contribution in [0.15, 0.2) is 59.1 Å². The number of carbonyl (C=O) groups excluding carboxylic acids is 1. The van der Waals surface area contributed by atoms with Gasteiger partial charge in [0.25, 0.3) is 5.91 Å². The summed E-state index contributed by atoms with van der Waals surface area (Å²) in [6.45, 7) is 1.87. The molecular formula is C20H19FN2O3. The summed E-state index contributed by atoms with van der Waals surface area (Å²) in [5.74, 6) is 0.490. The second-order valence-corrected chi connectivity index (χ2v) is 5.92. The van der Waals surface area contributed by atoms with E-state index in [9.17, 15) is 9.18 Å². The average molecular weight is 354 g/mol. The number of amides is 1. The molecule has 0 aliphatic rings. The lowest BCUT2D eigenvalue weighted by Gasteiger charge is -2.24. The predicted molar refractivity (Wildman–Crippen MR) is 95.4 cm³/mol. The van der Waals surface area contributed by atoms with Crippen molar-refractivity contribution in [3.8, 4) is 17.1 Å². The molecule has 3 aromatic rings. The maximum atomic E-state index is 13.1. The number of benzene rings is 2. The summed E-state index contributed by atoms with van der Waals surface area (Å²) in [6, 6.07) is 14.8. The maximum absolute atomic E-state index is 13.1. The lowest BCUT2D eigenvalue weighted by atomic mass is 10.1. The first kappa shape index (κ1) is 17.7. The Morgan fingerprint density at radius 1 is 1.19 bits per heavy atom. The van der Waals surface area contributed by atoms with Crippen molar-refractivity contribution in [2.45, 2.75) is 13.0 Å². The van der Waals surface area contributed by atoms with Crippen LogP contribution in [0.5, 0.6) is 5.75 Å². The molecule has 2 aromatic carbocycles. The summed E-state index contributed by atoms with van der Waals surface area (Å²) in [4.78, 5) is 14.3. The molecule has 0 unspecified atom stereocenters. The largest absolute Gasteiger partial charge is 0.496 e. The first-order chi connectivity index (χ1) is 12.5. The summed E-state index contributed by atoms with van der Waals surface area (Å²) < 4.78 is 23.7. The maximum Gasteiger partial charge on any atom is 0.276 e. The third-order valence-corrected chi connectivity index (χ3v) is 4.36. The number of nitrogens with zero attached hydrogens (tertiary/aromatic N) is 2. The molecule has 134 valence electrons. The van der Waals surface area contributed by atoms with Gasteiger partial charge in [-0.2, -0.15) is 0 Å². The van der Waals surface area contributed by atoms with Gasteiger partial charge < -0.3 is 14.2 Å². The van der Waals surface area contributed by atoms with E-state index >= 15 is 0 Å². The zero-order chi connectivity index (χ0) is 18.7. The Morgan fingerprint density at radius 3 is 2.58 bits per heavy atom. The molecule has 3 rings (SSSR count). The number of aromatic nitrogens is 1. The average Bonchev–Trinajstić information content (AvgIpc) is 3.16. The molecule has 6 heteroatoms. The van der Waals surface area contributed by atoms with E-state index in [1.165, 1.54) is 17.0 Å². The van der Waals surface area contributed by atoms with Gasteiger partial charge in [-0.05, 0) is 36.8 Å². The standard InChI is InChI=1S/C20H19FN2O3/c1-13(14-8-10-15(21)11-9-14)23(2)20(24)17-12-19(26-22-17)16-6-4-5-7-18(16)25-3/h4-13H,1-3H3/t13-/m1/s1. The molecule has 5 nitrogen and oxygen atoms in total. The van der Waals surface area contributed by atoms with Crippen LogP contribution < -0.4 is 4.74 Å². The van der Waals surface area contributed by atoms with E-state index in [4.69, 9.17) is 9.26 Å². The summed E-state index contributed by atoms with van der Waals surface area (Å²) in [7, 11) is 3.24. The highest BCUT2D eigenvalue weighted by atomic mass is 19.1. The molecule has 1 atom stereocenters. The van der Waals surface area contributed by atoms with Gasteiger partial charge in [0, 0.05) is 13.1 Å². The zero-order valence-electron chi connectivity index (χ0n) is 14.8. The van der Waals surface area contributed by atoms with Gasteiger partial charge in [-0.1, -0.05) is 29.4 Å². The van der Waals surface area contributed by atoms with Gasteiger partial charge in [0.05, 0.1) is 18.7 Å². The molecule has 0 saturated carbocycles. The molecule has 1 amide bonds. The fourth-order valence-electron chi connectivity index (χ4n) is 2.67. The highest BCUT2D eigenvalue weighted by Gasteiger charge is 2.23. The molecule has 0 fully saturated rings. The molecule has 0 saturated heterocycles. The van der Waals surface area contributed by atoms with Crippen LogP contribution in [0, 0.1) is 5.82 Å². The van der Waals surface area contributed by atoms with Crippen molar-refractivity contribution in [2.75, 3.05) is 14.2 Å². The van der Waals surface area contributed by atoms with Crippen molar-refractivity contribution in [3.05, 3.63) is 71.7 Å². The van der Waals surface area contributed by atoms with Crippen LogP contribution in [-0.2, 0) is 0 Å². The van der Waals surface area contributed by atoms with Crippen LogP contribution in [0.2, 0.25) is 0 Å². The molecule has 0 bridgehead atoms. The summed E-state index contributed by atoms with van der Waals surface area (Å²) in [5, 5.41) is 3.90. The van der Waals surface area contributed by atoms with Gasteiger partial charge in [-0.15, -0.1) is 0 Å². The van der Waals surface area contributed by atoms with Crippen LogP contribution in [0.3, 0.4) is 0 Å².